The zero-order valence-corrected chi connectivity index (χ0v) is 23.4. The van der Waals surface area contributed by atoms with Gasteiger partial charge in [-0.1, -0.05) is 17.7 Å². The molecule has 2 aromatic carbocycles. The first-order chi connectivity index (χ1) is 20.8. The zero-order chi connectivity index (χ0) is 31.8. The number of anilines is 2. The number of likely N-dealkylation sites (tertiary alicyclic amines) is 1. The number of rotatable bonds is 7. The van der Waals surface area contributed by atoms with Crippen molar-refractivity contribution in [3.63, 3.8) is 0 Å². The molecular weight excluding hydrogens is 610 g/mol. The van der Waals surface area contributed by atoms with E-state index in [1.165, 1.54) is 64.2 Å². The van der Waals surface area contributed by atoms with Crippen molar-refractivity contribution in [2.75, 3.05) is 23.7 Å². The van der Waals surface area contributed by atoms with E-state index in [4.69, 9.17) is 11.6 Å². The molecule has 4 amide bonds. The Bertz CT molecular complexity index is 1680. The van der Waals surface area contributed by atoms with E-state index in [9.17, 15) is 37.1 Å². The van der Waals surface area contributed by atoms with Crippen LogP contribution in [-0.4, -0.2) is 58.4 Å². The molecule has 230 valence electrons. The molecule has 44 heavy (non-hydrogen) atoms. The maximum absolute atomic E-state index is 15.0. The van der Waals surface area contributed by atoms with Crippen molar-refractivity contribution < 1.29 is 36.7 Å². The number of benzene rings is 2. The molecule has 1 aromatic heterocycles. The Hall–Kier alpha value is -4.72. The molecule has 0 bridgehead atoms. The molecule has 3 N–H and O–H groups in total. The molecule has 3 aromatic rings. The largest absolute Gasteiger partial charge is 0.471 e. The van der Waals surface area contributed by atoms with Crippen LogP contribution in [0.5, 0.6) is 0 Å². The Balaban J connectivity index is 1.32. The first-order valence-corrected chi connectivity index (χ1v) is 13.7. The normalized spacial score (nSPS) is 21.0. The third kappa shape index (κ3) is 6.59. The highest BCUT2D eigenvalue weighted by Crippen LogP contribution is 2.49. The number of pyridine rings is 1. The van der Waals surface area contributed by atoms with Gasteiger partial charge in [0.15, 0.2) is 0 Å². The van der Waals surface area contributed by atoms with Crippen molar-refractivity contribution in [2.24, 2.45) is 17.8 Å². The Morgan fingerprint density at radius 2 is 1.57 bits per heavy atom. The average Bonchev–Trinajstić information content (AvgIpc) is 3.56. The maximum Gasteiger partial charge on any atom is 0.471 e. The lowest BCUT2D eigenvalue weighted by Gasteiger charge is -2.18. The molecule has 15 heteroatoms. The van der Waals surface area contributed by atoms with Crippen LogP contribution in [0.1, 0.15) is 6.42 Å². The van der Waals surface area contributed by atoms with Crippen LogP contribution in [0.3, 0.4) is 0 Å². The molecule has 5 rings (SSSR count). The molecule has 4 atom stereocenters. The smallest absolute Gasteiger partial charge is 0.344 e. The third-order valence-corrected chi connectivity index (χ3v) is 7.68. The predicted octanol–water partition coefficient (Wildman–Crippen LogP) is 3.35. The van der Waals surface area contributed by atoms with Gasteiger partial charge < -0.3 is 20.9 Å². The standard InChI is InChI=1S/C29H24ClF4N5O5/c30-15-4-6-16(7-5-15)35-25(41)22-23(24(22)27(43)38-12-10-17(14-38)36-28(44)29(32,33)34)26(42)37-20-9-8-18(13-19(20)31)39-11-2-1-3-21(39)40/h1-9,11,13,17,22-24H,10,12,14H2,(H,35,41)(H,36,44)(H,37,42). The second kappa shape index (κ2) is 12.1. The number of carbonyl (C=O) groups excluding carboxylic acids is 4. The number of amides is 4. The average molecular weight is 634 g/mol. The maximum atomic E-state index is 15.0. The Labute approximate surface area is 252 Å². The van der Waals surface area contributed by atoms with Crippen molar-refractivity contribution in [1.82, 2.24) is 14.8 Å². The lowest BCUT2D eigenvalue weighted by Crippen LogP contribution is -2.45. The minimum atomic E-state index is -5.09. The minimum Gasteiger partial charge on any atom is -0.344 e. The van der Waals surface area contributed by atoms with Crippen LogP contribution < -0.4 is 21.5 Å². The van der Waals surface area contributed by atoms with Gasteiger partial charge in [0.25, 0.3) is 5.56 Å². The van der Waals surface area contributed by atoms with Crippen molar-refractivity contribution in [3.05, 3.63) is 88.1 Å². The van der Waals surface area contributed by atoms with Crippen molar-refractivity contribution >= 4 is 46.6 Å². The summed E-state index contributed by atoms with van der Waals surface area (Å²) in [6.45, 7) is -0.251. The lowest BCUT2D eigenvalue weighted by atomic mass is 10.2. The first kappa shape index (κ1) is 30.7. The molecule has 4 unspecified atom stereocenters. The number of hydrogen-bond acceptors (Lipinski definition) is 5. The van der Waals surface area contributed by atoms with Gasteiger partial charge in [0.2, 0.25) is 17.7 Å². The molecule has 1 aliphatic carbocycles. The summed E-state index contributed by atoms with van der Waals surface area (Å²) in [7, 11) is 0. The molecule has 1 aliphatic heterocycles. The number of nitrogens with zero attached hydrogens (tertiary/aromatic N) is 2. The van der Waals surface area contributed by atoms with E-state index in [-0.39, 0.29) is 30.9 Å². The van der Waals surface area contributed by atoms with E-state index >= 15 is 4.39 Å². The van der Waals surface area contributed by atoms with Crippen molar-refractivity contribution in [3.8, 4) is 5.69 Å². The predicted molar refractivity (Wildman–Crippen MR) is 150 cm³/mol. The highest BCUT2D eigenvalue weighted by Gasteiger charge is 2.64. The SMILES string of the molecule is O=C(Nc1ccc(Cl)cc1)C1C(C(=O)Nc2ccc(-n3ccccc3=O)cc2F)C1C(=O)N1CCC(NC(=O)C(F)(F)F)C1. The van der Waals surface area contributed by atoms with Crippen LogP contribution in [0.2, 0.25) is 5.02 Å². The van der Waals surface area contributed by atoms with Gasteiger partial charge in [-0.25, -0.2) is 4.39 Å². The van der Waals surface area contributed by atoms with E-state index < -0.39 is 65.0 Å². The Morgan fingerprint density at radius 1 is 0.886 bits per heavy atom. The molecule has 0 spiro atoms. The van der Waals surface area contributed by atoms with Crippen LogP contribution in [-0.2, 0) is 19.2 Å². The number of alkyl halides is 3. The van der Waals surface area contributed by atoms with Gasteiger partial charge in [0, 0.05) is 48.2 Å². The first-order valence-electron chi connectivity index (χ1n) is 13.3. The molecule has 10 nitrogen and oxygen atoms in total. The van der Waals surface area contributed by atoms with Gasteiger partial charge in [-0.15, -0.1) is 0 Å². The molecule has 1 saturated heterocycles. The number of halogens is 5. The third-order valence-electron chi connectivity index (χ3n) is 7.43. The second-order valence-corrected chi connectivity index (χ2v) is 10.8. The molecular formula is C29H24ClF4N5O5. The van der Waals surface area contributed by atoms with Crippen LogP contribution >= 0.6 is 11.6 Å². The Kier molecular flexibility index (Phi) is 8.46. The van der Waals surface area contributed by atoms with Crippen LogP contribution in [0, 0.1) is 23.6 Å². The minimum absolute atomic E-state index is 0.00700. The van der Waals surface area contributed by atoms with Gasteiger partial charge in [-0.3, -0.25) is 28.5 Å². The second-order valence-electron chi connectivity index (χ2n) is 10.4. The van der Waals surface area contributed by atoms with E-state index in [1.807, 2.05) is 5.32 Å². The van der Waals surface area contributed by atoms with Crippen molar-refractivity contribution in [2.45, 2.75) is 18.6 Å². The van der Waals surface area contributed by atoms with E-state index in [0.717, 1.165) is 6.07 Å². The molecule has 2 heterocycles. The summed E-state index contributed by atoms with van der Waals surface area (Å²) in [5, 5.41) is 7.25. The summed E-state index contributed by atoms with van der Waals surface area (Å²) in [4.78, 5) is 64.5. The van der Waals surface area contributed by atoms with Gasteiger partial charge >= 0.3 is 12.1 Å². The number of aromatic nitrogens is 1. The van der Waals surface area contributed by atoms with E-state index in [1.54, 1.807) is 6.07 Å². The Morgan fingerprint density at radius 3 is 2.20 bits per heavy atom. The molecule has 2 fully saturated rings. The summed E-state index contributed by atoms with van der Waals surface area (Å²) in [5.74, 6) is -8.77. The van der Waals surface area contributed by atoms with Crippen LogP contribution in [0.25, 0.3) is 5.69 Å². The molecule has 2 aliphatic rings. The summed E-state index contributed by atoms with van der Waals surface area (Å²) in [6, 6.07) is 13.2. The lowest BCUT2D eigenvalue weighted by molar-refractivity contribution is -0.174. The van der Waals surface area contributed by atoms with E-state index in [0.29, 0.717) is 10.7 Å². The fourth-order valence-corrected chi connectivity index (χ4v) is 5.32. The summed E-state index contributed by atoms with van der Waals surface area (Å²) >= 11 is 5.88. The zero-order valence-electron chi connectivity index (χ0n) is 22.6. The van der Waals surface area contributed by atoms with Crippen LogP contribution in [0.15, 0.2) is 71.7 Å². The summed E-state index contributed by atoms with van der Waals surface area (Å²) in [6.07, 6.45) is -3.61. The van der Waals surface area contributed by atoms with Gasteiger partial charge in [-0.05, 0) is 48.9 Å². The quantitative estimate of drug-likeness (QED) is 0.344. The highest BCUT2D eigenvalue weighted by molar-refractivity contribution is 6.30. The summed E-state index contributed by atoms with van der Waals surface area (Å²) in [5.41, 5.74) is -0.119. The number of nitrogens with one attached hydrogen (secondary N) is 3. The van der Waals surface area contributed by atoms with E-state index in [2.05, 4.69) is 10.6 Å². The van der Waals surface area contributed by atoms with Gasteiger partial charge in [-0.2, -0.15) is 13.2 Å². The fourth-order valence-electron chi connectivity index (χ4n) is 5.20. The molecule has 1 saturated carbocycles. The fraction of sp³-hybridized carbons (Fsp3) is 0.276. The monoisotopic (exact) mass is 633 g/mol. The number of carbonyl (C=O) groups is 4. The van der Waals surface area contributed by atoms with Gasteiger partial charge in [0.05, 0.1) is 29.1 Å². The van der Waals surface area contributed by atoms with Gasteiger partial charge in [0.1, 0.15) is 5.82 Å². The molecule has 0 radical (unpaired) electrons. The van der Waals surface area contributed by atoms with Crippen molar-refractivity contribution in [1.29, 1.82) is 0 Å². The number of hydrogen-bond donors (Lipinski definition) is 3. The topological polar surface area (TPSA) is 130 Å². The van der Waals surface area contributed by atoms with Crippen LogP contribution in [0.4, 0.5) is 28.9 Å². The summed E-state index contributed by atoms with van der Waals surface area (Å²) < 4.78 is 54.2. The highest BCUT2D eigenvalue weighted by atomic mass is 35.5.